The summed E-state index contributed by atoms with van der Waals surface area (Å²) in [5.74, 6) is -0.204. The van der Waals surface area contributed by atoms with Crippen LogP contribution in [-0.2, 0) is 4.79 Å². The van der Waals surface area contributed by atoms with Gasteiger partial charge in [0.25, 0.3) is 0 Å². The molecule has 1 rings (SSSR count). The quantitative estimate of drug-likeness (QED) is 0.527. The van der Waals surface area contributed by atoms with Crippen molar-refractivity contribution in [3.63, 3.8) is 0 Å². The Morgan fingerprint density at radius 1 is 1.86 bits per heavy atom. The Morgan fingerprint density at radius 3 is 2.29 bits per heavy atom. The average molecular weight is 100 g/mol. The number of hydrogen-bond donors (Lipinski definition) is 1. The molecule has 1 saturated carbocycles. The third kappa shape index (κ3) is 0.734. The number of rotatable bonds is 1. The monoisotopic (exact) mass is 100 g/mol. The molecule has 0 saturated heterocycles. The van der Waals surface area contributed by atoms with E-state index < -0.39 is 5.97 Å². The number of hydrogen-bond acceptors (Lipinski definition) is 1. The summed E-state index contributed by atoms with van der Waals surface area (Å²) in [6.07, 6.45) is 0.884. The Labute approximate surface area is 42.1 Å². The van der Waals surface area contributed by atoms with Gasteiger partial charge in [0.05, 0.1) is 5.92 Å². The summed E-state index contributed by atoms with van der Waals surface area (Å²) < 4.78 is 0. The Hall–Kier alpha value is -0.530. The fourth-order valence-corrected chi connectivity index (χ4v) is 0.666. The highest BCUT2D eigenvalue weighted by Crippen LogP contribution is 2.37. The zero-order valence-electron chi connectivity index (χ0n) is 4.22. The van der Waals surface area contributed by atoms with Crippen molar-refractivity contribution >= 4 is 5.97 Å². The van der Waals surface area contributed by atoms with Gasteiger partial charge in [0.2, 0.25) is 0 Å². The summed E-state index contributed by atoms with van der Waals surface area (Å²) in [6, 6.07) is 0. The van der Waals surface area contributed by atoms with Gasteiger partial charge in [-0.2, -0.15) is 0 Å². The fraction of sp³-hybridized carbons (Fsp3) is 0.800. The van der Waals surface area contributed by atoms with Crippen LogP contribution in [0.4, 0.5) is 0 Å². The lowest BCUT2D eigenvalue weighted by molar-refractivity contribution is -0.138. The Kier molecular flexibility index (Phi) is 0.805. The van der Waals surface area contributed by atoms with E-state index in [1.54, 1.807) is 0 Å². The van der Waals surface area contributed by atoms with E-state index in [2.05, 4.69) is 0 Å². The molecular weight excluding hydrogens is 92.1 g/mol. The van der Waals surface area contributed by atoms with Gasteiger partial charge in [-0.3, -0.25) is 4.79 Å². The van der Waals surface area contributed by atoms with Crippen molar-refractivity contribution in [1.82, 2.24) is 0 Å². The van der Waals surface area contributed by atoms with Crippen LogP contribution in [-0.4, -0.2) is 11.1 Å². The second kappa shape index (κ2) is 1.22. The molecule has 0 aliphatic heterocycles. The van der Waals surface area contributed by atoms with Crippen LogP contribution >= 0.6 is 0 Å². The van der Waals surface area contributed by atoms with Gasteiger partial charge in [0, 0.05) is 0 Å². The van der Waals surface area contributed by atoms with Crippen LogP contribution in [0.5, 0.6) is 0 Å². The predicted octanol–water partition coefficient (Wildman–Crippen LogP) is 0.727. The highest BCUT2D eigenvalue weighted by atomic mass is 16.4. The normalized spacial score (nSPS) is 37.9. The van der Waals surface area contributed by atoms with Crippen LogP contribution < -0.4 is 0 Å². The molecule has 1 fully saturated rings. The molecule has 0 radical (unpaired) electrons. The van der Waals surface area contributed by atoms with Crippen molar-refractivity contribution in [3.05, 3.63) is 0 Å². The molecule has 7 heavy (non-hydrogen) atoms. The summed E-state index contributed by atoms with van der Waals surface area (Å²) >= 11 is 0. The molecule has 1 aliphatic carbocycles. The molecule has 1 aliphatic rings. The molecular formula is C5H8O2. The second-order valence-corrected chi connectivity index (χ2v) is 2.16. The number of carboxylic acid groups (broad SMARTS) is 1. The molecule has 0 bridgehead atoms. The van der Waals surface area contributed by atoms with Gasteiger partial charge in [-0.05, 0) is 12.3 Å². The molecule has 1 N–H and O–H groups in total. The minimum Gasteiger partial charge on any atom is -0.481 e. The van der Waals surface area contributed by atoms with E-state index in [1.807, 2.05) is 6.92 Å². The molecule has 2 heteroatoms. The van der Waals surface area contributed by atoms with Crippen molar-refractivity contribution in [3.8, 4) is 0 Å². The van der Waals surface area contributed by atoms with Gasteiger partial charge in [0.15, 0.2) is 0 Å². The first-order valence-electron chi connectivity index (χ1n) is 2.44. The Bertz CT molecular complexity index is 98.3. The molecule has 0 amide bonds. The minimum absolute atomic E-state index is 0.0139. The lowest BCUT2D eigenvalue weighted by atomic mass is 10.3. The first kappa shape index (κ1) is 4.62. The van der Waals surface area contributed by atoms with Crippen LogP contribution in [0.15, 0.2) is 0 Å². The number of carbonyl (C=O) groups is 1. The molecule has 40 valence electrons. The van der Waals surface area contributed by atoms with E-state index in [-0.39, 0.29) is 5.92 Å². The summed E-state index contributed by atoms with van der Waals surface area (Å²) in [5, 5.41) is 8.22. The zero-order chi connectivity index (χ0) is 5.44. The zero-order valence-corrected chi connectivity index (χ0v) is 4.22. The van der Waals surface area contributed by atoms with E-state index in [1.165, 1.54) is 0 Å². The number of carboxylic acids is 1. The highest BCUT2D eigenvalue weighted by Gasteiger charge is 2.38. The summed E-state index contributed by atoms with van der Waals surface area (Å²) in [5.41, 5.74) is 0. The molecule has 0 aromatic heterocycles. The maximum atomic E-state index is 9.97. The summed E-state index contributed by atoms with van der Waals surface area (Å²) in [4.78, 5) is 9.97. The van der Waals surface area contributed by atoms with Gasteiger partial charge in [0.1, 0.15) is 0 Å². The fourth-order valence-electron chi connectivity index (χ4n) is 0.666. The second-order valence-electron chi connectivity index (χ2n) is 2.16. The number of aliphatic carboxylic acids is 1. The SMILES string of the molecule is C[C@H]1C[C@@H]1C(=O)O. The predicted molar refractivity (Wildman–Crippen MR) is 24.9 cm³/mol. The largest absolute Gasteiger partial charge is 0.481 e. The maximum Gasteiger partial charge on any atom is 0.306 e. The van der Waals surface area contributed by atoms with Gasteiger partial charge in [-0.1, -0.05) is 6.92 Å². The van der Waals surface area contributed by atoms with E-state index >= 15 is 0 Å². The third-order valence-corrected chi connectivity index (χ3v) is 1.43. The Balaban J connectivity index is 2.33. The molecule has 0 heterocycles. The molecule has 0 unspecified atom stereocenters. The maximum absolute atomic E-state index is 9.97. The van der Waals surface area contributed by atoms with E-state index in [0.29, 0.717) is 5.92 Å². The van der Waals surface area contributed by atoms with Crippen LogP contribution in [0.25, 0.3) is 0 Å². The van der Waals surface area contributed by atoms with Gasteiger partial charge >= 0.3 is 5.97 Å². The lowest BCUT2D eigenvalue weighted by Crippen LogP contribution is -1.97. The highest BCUT2D eigenvalue weighted by molar-refractivity contribution is 5.73. The summed E-state index contributed by atoms with van der Waals surface area (Å²) in [7, 11) is 0. The van der Waals surface area contributed by atoms with E-state index in [4.69, 9.17) is 5.11 Å². The van der Waals surface area contributed by atoms with Crippen molar-refractivity contribution in [2.24, 2.45) is 11.8 Å². The molecule has 0 spiro atoms. The Morgan fingerprint density at radius 2 is 2.29 bits per heavy atom. The van der Waals surface area contributed by atoms with Crippen LogP contribution in [0, 0.1) is 11.8 Å². The standard InChI is InChI=1S/C5H8O2/c1-3-2-4(3)5(6)7/h3-4H,2H2,1H3,(H,6,7)/t3-,4-/m0/s1. The van der Waals surface area contributed by atoms with Crippen molar-refractivity contribution in [2.45, 2.75) is 13.3 Å². The van der Waals surface area contributed by atoms with Gasteiger partial charge in [-0.25, -0.2) is 0 Å². The first-order valence-corrected chi connectivity index (χ1v) is 2.44. The smallest absolute Gasteiger partial charge is 0.306 e. The van der Waals surface area contributed by atoms with Crippen LogP contribution in [0.3, 0.4) is 0 Å². The van der Waals surface area contributed by atoms with Gasteiger partial charge < -0.3 is 5.11 Å². The van der Waals surface area contributed by atoms with E-state index in [0.717, 1.165) is 6.42 Å². The molecule has 0 aromatic rings. The average Bonchev–Trinajstić information content (AvgIpc) is 2.17. The first-order chi connectivity index (χ1) is 3.22. The van der Waals surface area contributed by atoms with Crippen molar-refractivity contribution in [1.29, 1.82) is 0 Å². The molecule has 2 atom stereocenters. The van der Waals surface area contributed by atoms with Crippen LogP contribution in [0.2, 0.25) is 0 Å². The van der Waals surface area contributed by atoms with Gasteiger partial charge in [-0.15, -0.1) is 0 Å². The topological polar surface area (TPSA) is 37.3 Å². The summed E-state index contributed by atoms with van der Waals surface area (Å²) in [6.45, 7) is 1.96. The van der Waals surface area contributed by atoms with Crippen LogP contribution in [0.1, 0.15) is 13.3 Å². The molecule has 2 nitrogen and oxygen atoms in total. The van der Waals surface area contributed by atoms with E-state index in [9.17, 15) is 4.79 Å². The third-order valence-electron chi connectivity index (χ3n) is 1.43. The lowest BCUT2D eigenvalue weighted by Gasteiger charge is -1.79. The van der Waals surface area contributed by atoms with Crippen molar-refractivity contribution < 1.29 is 9.90 Å². The molecule has 0 aromatic carbocycles. The van der Waals surface area contributed by atoms with Crippen molar-refractivity contribution in [2.75, 3.05) is 0 Å². The minimum atomic E-state index is -0.632.